The monoisotopic (exact) mass is 375 g/mol. The van der Waals surface area contributed by atoms with Crippen LogP contribution in [-0.4, -0.2) is 70.4 Å². The van der Waals surface area contributed by atoms with Crippen LogP contribution < -0.4 is 10.6 Å². The van der Waals surface area contributed by atoms with E-state index in [0.717, 1.165) is 51.3 Å². The Bertz CT molecular complexity index is 642. The molecule has 148 valence electrons. The molecule has 1 unspecified atom stereocenters. The second-order valence-electron chi connectivity index (χ2n) is 8.06. The van der Waals surface area contributed by atoms with Crippen LogP contribution in [0.2, 0.25) is 0 Å². The van der Waals surface area contributed by atoms with Crippen molar-refractivity contribution < 1.29 is 14.6 Å². The zero-order valence-corrected chi connectivity index (χ0v) is 15.6. The molecule has 1 atom stereocenters. The highest BCUT2D eigenvalue weighted by molar-refractivity contribution is 5.69. The summed E-state index contributed by atoms with van der Waals surface area (Å²) >= 11 is 0. The summed E-state index contributed by atoms with van der Waals surface area (Å²) in [6.45, 7) is 2.63. The van der Waals surface area contributed by atoms with E-state index in [2.05, 4.69) is 25.5 Å². The largest absolute Gasteiger partial charge is 0.480 e. The van der Waals surface area contributed by atoms with Crippen molar-refractivity contribution in [2.75, 3.05) is 36.9 Å². The van der Waals surface area contributed by atoms with Crippen LogP contribution in [-0.2, 0) is 9.53 Å². The number of hydrogen-bond acceptors (Lipinski definition) is 7. The van der Waals surface area contributed by atoms with Crippen LogP contribution in [0.4, 0.5) is 11.8 Å². The molecule has 4 rings (SSSR count). The smallest absolute Gasteiger partial charge is 0.317 e. The fourth-order valence-electron chi connectivity index (χ4n) is 3.91. The summed E-state index contributed by atoms with van der Waals surface area (Å²) in [7, 11) is 0. The lowest BCUT2D eigenvalue weighted by atomic mass is 9.85. The van der Waals surface area contributed by atoms with Crippen LogP contribution in [0, 0.1) is 5.92 Å². The molecule has 1 aromatic rings. The summed E-state index contributed by atoms with van der Waals surface area (Å²) in [5.74, 6) is 1.42. The lowest BCUT2D eigenvalue weighted by Crippen LogP contribution is -2.52. The second-order valence-corrected chi connectivity index (χ2v) is 8.06. The number of carboxylic acid groups (broad SMARTS) is 1. The molecular formula is C19H29N5O3. The van der Waals surface area contributed by atoms with Gasteiger partial charge in [-0.3, -0.25) is 9.69 Å². The second kappa shape index (κ2) is 8.39. The summed E-state index contributed by atoms with van der Waals surface area (Å²) in [6.07, 6.45) is 8.30. The van der Waals surface area contributed by atoms with Crippen molar-refractivity contribution in [1.29, 1.82) is 0 Å². The molecule has 3 aliphatic rings. The minimum atomic E-state index is -0.735. The van der Waals surface area contributed by atoms with Crippen molar-refractivity contribution in [2.24, 2.45) is 5.92 Å². The van der Waals surface area contributed by atoms with Gasteiger partial charge in [-0.25, -0.2) is 4.98 Å². The molecule has 8 nitrogen and oxygen atoms in total. The Morgan fingerprint density at radius 3 is 2.81 bits per heavy atom. The van der Waals surface area contributed by atoms with Crippen molar-refractivity contribution in [2.45, 2.75) is 56.7 Å². The zero-order valence-electron chi connectivity index (χ0n) is 15.6. The maximum atomic E-state index is 11.1. The number of nitrogens with one attached hydrogen (secondary N) is 2. The van der Waals surface area contributed by atoms with Crippen molar-refractivity contribution in [3.8, 4) is 0 Å². The fraction of sp³-hybridized carbons (Fsp3) is 0.737. The van der Waals surface area contributed by atoms with E-state index in [0.29, 0.717) is 30.0 Å². The predicted molar refractivity (Wildman–Crippen MR) is 102 cm³/mol. The summed E-state index contributed by atoms with van der Waals surface area (Å²) in [5.41, 5.74) is 0. The van der Waals surface area contributed by atoms with E-state index in [4.69, 9.17) is 9.84 Å². The number of anilines is 2. The maximum absolute atomic E-state index is 11.1. The fourth-order valence-corrected chi connectivity index (χ4v) is 3.91. The number of aromatic nitrogens is 2. The van der Waals surface area contributed by atoms with E-state index >= 15 is 0 Å². The van der Waals surface area contributed by atoms with Gasteiger partial charge in [0.15, 0.2) is 0 Å². The summed E-state index contributed by atoms with van der Waals surface area (Å²) in [5, 5.41) is 16.0. The minimum absolute atomic E-state index is 0.146. The molecule has 0 radical (unpaired) electrons. The molecule has 2 saturated carbocycles. The average molecular weight is 375 g/mol. The van der Waals surface area contributed by atoms with E-state index in [1.165, 1.54) is 12.8 Å². The molecule has 27 heavy (non-hydrogen) atoms. The number of carbonyl (C=O) groups is 1. The maximum Gasteiger partial charge on any atom is 0.317 e. The van der Waals surface area contributed by atoms with Crippen molar-refractivity contribution in [1.82, 2.24) is 14.9 Å². The average Bonchev–Trinajstić information content (AvgIpc) is 3.42. The summed E-state index contributed by atoms with van der Waals surface area (Å²) in [6, 6.07) is 2.84. The highest BCUT2D eigenvalue weighted by Gasteiger charge is 2.37. The van der Waals surface area contributed by atoms with E-state index in [-0.39, 0.29) is 6.54 Å². The standard InChI is InChI=1S/C19H29N5O3/c25-18(26)11-24(10-13-3-4-13)16-8-15(9-16)22-19-20-6-5-17(23-19)21-14-2-1-7-27-12-14/h5-6,13-16H,1-4,7-12H2,(H,25,26)(H2,20,21,22,23). The third kappa shape index (κ3) is 5.29. The van der Waals surface area contributed by atoms with Crippen LogP contribution in [0.5, 0.6) is 0 Å². The van der Waals surface area contributed by atoms with Gasteiger partial charge in [-0.15, -0.1) is 0 Å². The van der Waals surface area contributed by atoms with Crippen LogP contribution in [0.3, 0.4) is 0 Å². The number of aliphatic carboxylic acids is 1. The number of hydrogen-bond donors (Lipinski definition) is 3. The van der Waals surface area contributed by atoms with E-state index in [9.17, 15) is 4.79 Å². The predicted octanol–water partition coefficient (Wildman–Crippen LogP) is 1.81. The molecule has 0 bridgehead atoms. The van der Waals surface area contributed by atoms with Gasteiger partial charge in [-0.05, 0) is 50.5 Å². The zero-order chi connectivity index (χ0) is 18.6. The van der Waals surface area contributed by atoms with Crippen molar-refractivity contribution in [3.05, 3.63) is 12.3 Å². The molecule has 1 saturated heterocycles. The first-order valence-corrected chi connectivity index (χ1v) is 10.1. The number of carboxylic acids is 1. The van der Waals surface area contributed by atoms with E-state index in [1.807, 2.05) is 6.07 Å². The quantitative estimate of drug-likeness (QED) is 0.601. The Kier molecular flexibility index (Phi) is 5.73. The van der Waals surface area contributed by atoms with Gasteiger partial charge in [-0.1, -0.05) is 0 Å². The molecule has 2 heterocycles. The molecule has 8 heteroatoms. The van der Waals surface area contributed by atoms with Crippen molar-refractivity contribution in [3.63, 3.8) is 0 Å². The van der Waals surface area contributed by atoms with Crippen LogP contribution in [0.1, 0.15) is 38.5 Å². The van der Waals surface area contributed by atoms with Gasteiger partial charge >= 0.3 is 5.97 Å². The lowest BCUT2D eigenvalue weighted by Gasteiger charge is -2.42. The SMILES string of the molecule is O=C(O)CN(CC1CC1)C1CC(Nc2nccc(NC3CCCOC3)n2)C1. The Balaban J connectivity index is 1.26. The van der Waals surface area contributed by atoms with Crippen LogP contribution >= 0.6 is 0 Å². The molecule has 3 fully saturated rings. The number of ether oxygens (including phenoxy) is 1. The Morgan fingerprint density at radius 1 is 1.26 bits per heavy atom. The molecular weight excluding hydrogens is 346 g/mol. The van der Waals surface area contributed by atoms with Crippen molar-refractivity contribution >= 4 is 17.7 Å². The van der Waals surface area contributed by atoms with Crippen LogP contribution in [0.15, 0.2) is 12.3 Å². The molecule has 3 N–H and O–H groups in total. The molecule has 0 amide bonds. The number of nitrogens with zero attached hydrogens (tertiary/aromatic N) is 3. The molecule has 1 aromatic heterocycles. The van der Waals surface area contributed by atoms with E-state index in [1.54, 1.807) is 6.20 Å². The third-order valence-electron chi connectivity index (χ3n) is 5.66. The van der Waals surface area contributed by atoms with Gasteiger partial charge in [0.25, 0.3) is 0 Å². The Hall–Kier alpha value is -1.93. The van der Waals surface area contributed by atoms with Gasteiger partial charge < -0.3 is 20.5 Å². The topological polar surface area (TPSA) is 99.6 Å². The normalized spacial score (nSPS) is 27.8. The molecule has 0 aromatic carbocycles. The highest BCUT2D eigenvalue weighted by atomic mass is 16.5. The minimum Gasteiger partial charge on any atom is -0.480 e. The summed E-state index contributed by atoms with van der Waals surface area (Å²) in [4.78, 5) is 22.2. The molecule has 1 aliphatic heterocycles. The number of rotatable bonds is 9. The van der Waals surface area contributed by atoms with Gasteiger partial charge in [0.05, 0.1) is 19.2 Å². The van der Waals surface area contributed by atoms with Gasteiger partial charge in [0.1, 0.15) is 5.82 Å². The molecule has 0 spiro atoms. The first-order valence-electron chi connectivity index (χ1n) is 10.1. The van der Waals surface area contributed by atoms with Gasteiger partial charge in [0, 0.05) is 31.4 Å². The Morgan fingerprint density at radius 2 is 2.11 bits per heavy atom. The first kappa shape index (κ1) is 18.4. The lowest BCUT2D eigenvalue weighted by molar-refractivity contribution is -0.139. The van der Waals surface area contributed by atoms with E-state index < -0.39 is 5.97 Å². The van der Waals surface area contributed by atoms with Crippen LogP contribution in [0.25, 0.3) is 0 Å². The first-order chi connectivity index (χ1) is 13.2. The third-order valence-corrected chi connectivity index (χ3v) is 5.66. The van der Waals surface area contributed by atoms with Gasteiger partial charge in [0.2, 0.25) is 5.95 Å². The Labute approximate surface area is 159 Å². The molecule has 2 aliphatic carbocycles. The van der Waals surface area contributed by atoms with Gasteiger partial charge in [-0.2, -0.15) is 4.98 Å². The summed E-state index contributed by atoms with van der Waals surface area (Å²) < 4.78 is 5.50. The highest BCUT2D eigenvalue weighted by Crippen LogP contribution is 2.34.